The second-order valence-electron chi connectivity index (χ2n) is 3.77. The molecule has 0 radical (unpaired) electrons. The minimum absolute atomic E-state index is 0.170. The van der Waals surface area contributed by atoms with Gasteiger partial charge in [0.2, 0.25) is 0 Å². The molecule has 18 heavy (non-hydrogen) atoms. The van der Waals surface area contributed by atoms with Gasteiger partial charge in [0.25, 0.3) is 5.91 Å². The Bertz CT molecular complexity index is 426. The summed E-state index contributed by atoms with van der Waals surface area (Å²) in [4.78, 5) is 22.8. The zero-order valence-corrected chi connectivity index (χ0v) is 11.0. The van der Waals surface area contributed by atoms with E-state index in [1.54, 1.807) is 10.7 Å². The molecule has 0 saturated heterocycles. The molecule has 1 aromatic rings. The monoisotopic (exact) mass is 253 g/mol. The van der Waals surface area contributed by atoms with Gasteiger partial charge in [0.05, 0.1) is 19.2 Å². The Hall–Kier alpha value is -1.85. The predicted octanol–water partition coefficient (Wildman–Crippen LogP) is 0.758. The SMILES string of the molecule is CCc1cc(C(=O)NCCC(=O)OC)n(CC)n1. The highest BCUT2D eigenvalue weighted by molar-refractivity contribution is 5.92. The van der Waals surface area contributed by atoms with Crippen LogP contribution >= 0.6 is 0 Å². The van der Waals surface area contributed by atoms with Crippen LogP contribution in [-0.2, 0) is 22.5 Å². The van der Waals surface area contributed by atoms with Crippen LogP contribution in [0.2, 0.25) is 0 Å². The Labute approximate surface area is 106 Å². The zero-order valence-electron chi connectivity index (χ0n) is 11.0. The van der Waals surface area contributed by atoms with Crippen molar-refractivity contribution in [2.45, 2.75) is 33.2 Å². The fourth-order valence-electron chi connectivity index (χ4n) is 1.54. The minimum atomic E-state index is -0.339. The molecule has 6 nitrogen and oxygen atoms in total. The van der Waals surface area contributed by atoms with Gasteiger partial charge in [0, 0.05) is 13.1 Å². The molecule has 0 aliphatic carbocycles. The number of hydrogen-bond donors (Lipinski definition) is 1. The smallest absolute Gasteiger partial charge is 0.307 e. The second-order valence-corrected chi connectivity index (χ2v) is 3.77. The van der Waals surface area contributed by atoms with Crippen molar-refractivity contribution in [3.63, 3.8) is 0 Å². The van der Waals surface area contributed by atoms with Gasteiger partial charge >= 0.3 is 5.97 Å². The lowest BCUT2D eigenvalue weighted by Crippen LogP contribution is -2.28. The van der Waals surface area contributed by atoms with E-state index < -0.39 is 0 Å². The highest BCUT2D eigenvalue weighted by Gasteiger charge is 2.13. The number of aromatic nitrogens is 2. The van der Waals surface area contributed by atoms with Crippen LogP contribution in [0, 0.1) is 0 Å². The molecule has 1 rings (SSSR count). The van der Waals surface area contributed by atoms with Gasteiger partial charge in [-0.25, -0.2) is 0 Å². The van der Waals surface area contributed by atoms with Gasteiger partial charge in [-0.15, -0.1) is 0 Å². The lowest BCUT2D eigenvalue weighted by atomic mass is 10.3. The number of hydrogen-bond acceptors (Lipinski definition) is 4. The summed E-state index contributed by atoms with van der Waals surface area (Å²) in [5, 5.41) is 6.97. The average molecular weight is 253 g/mol. The molecule has 1 heterocycles. The summed E-state index contributed by atoms with van der Waals surface area (Å²) in [6.07, 6.45) is 0.957. The number of carbonyl (C=O) groups is 2. The van der Waals surface area contributed by atoms with E-state index in [2.05, 4.69) is 15.2 Å². The lowest BCUT2D eigenvalue weighted by Gasteiger charge is -2.05. The molecule has 0 aliphatic heterocycles. The molecule has 0 atom stereocenters. The van der Waals surface area contributed by atoms with Crippen molar-refractivity contribution in [3.05, 3.63) is 17.5 Å². The van der Waals surface area contributed by atoms with Gasteiger partial charge in [-0.1, -0.05) is 6.92 Å². The van der Waals surface area contributed by atoms with Crippen molar-refractivity contribution in [3.8, 4) is 0 Å². The first-order valence-corrected chi connectivity index (χ1v) is 6.04. The van der Waals surface area contributed by atoms with E-state index in [-0.39, 0.29) is 24.8 Å². The Balaban J connectivity index is 2.60. The molecule has 0 bridgehead atoms. The number of esters is 1. The van der Waals surface area contributed by atoms with Crippen molar-refractivity contribution in [1.29, 1.82) is 0 Å². The fraction of sp³-hybridized carbons (Fsp3) is 0.583. The highest BCUT2D eigenvalue weighted by atomic mass is 16.5. The summed E-state index contributed by atoms with van der Waals surface area (Å²) < 4.78 is 6.16. The number of rotatable bonds is 6. The van der Waals surface area contributed by atoms with E-state index in [0.29, 0.717) is 12.2 Å². The Morgan fingerprint density at radius 1 is 1.44 bits per heavy atom. The first-order valence-electron chi connectivity index (χ1n) is 6.04. The number of ether oxygens (including phenoxy) is 1. The first kappa shape index (κ1) is 14.2. The molecule has 1 aromatic heterocycles. The van der Waals surface area contributed by atoms with Crippen LogP contribution in [0.4, 0.5) is 0 Å². The van der Waals surface area contributed by atoms with Crippen LogP contribution in [0.3, 0.4) is 0 Å². The molecule has 0 spiro atoms. The molecular weight excluding hydrogens is 234 g/mol. The van der Waals surface area contributed by atoms with Crippen molar-refractivity contribution in [2.24, 2.45) is 0 Å². The maximum atomic E-state index is 11.9. The molecule has 6 heteroatoms. The maximum Gasteiger partial charge on any atom is 0.307 e. The third-order valence-corrected chi connectivity index (χ3v) is 2.57. The van der Waals surface area contributed by atoms with Crippen LogP contribution in [0.5, 0.6) is 0 Å². The predicted molar refractivity (Wildman–Crippen MR) is 66.2 cm³/mol. The van der Waals surface area contributed by atoms with Crippen LogP contribution in [0.25, 0.3) is 0 Å². The van der Waals surface area contributed by atoms with Crippen LogP contribution in [0.15, 0.2) is 6.07 Å². The normalized spacial score (nSPS) is 10.2. The second kappa shape index (κ2) is 6.78. The highest BCUT2D eigenvalue weighted by Crippen LogP contribution is 2.05. The van der Waals surface area contributed by atoms with Crippen molar-refractivity contribution in [2.75, 3.05) is 13.7 Å². The van der Waals surface area contributed by atoms with E-state index in [4.69, 9.17) is 0 Å². The lowest BCUT2D eigenvalue weighted by molar-refractivity contribution is -0.140. The summed E-state index contributed by atoms with van der Waals surface area (Å²) in [7, 11) is 1.32. The quantitative estimate of drug-likeness (QED) is 0.760. The third kappa shape index (κ3) is 3.58. The average Bonchev–Trinajstić information content (AvgIpc) is 2.81. The van der Waals surface area contributed by atoms with Crippen molar-refractivity contribution in [1.82, 2.24) is 15.1 Å². The Kier molecular flexibility index (Phi) is 5.35. The number of amides is 1. The van der Waals surface area contributed by atoms with Crippen molar-refractivity contribution >= 4 is 11.9 Å². The molecule has 0 aromatic carbocycles. The van der Waals surface area contributed by atoms with Crippen LogP contribution < -0.4 is 5.32 Å². The van der Waals surface area contributed by atoms with E-state index in [1.807, 2.05) is 13.8 Å². The first-order chi connectivity index (χ1) is 8.62. The molecule has 100 valence electrons. The summed E-state index contributed by atoms with van der Waals surface area (Å²) in [6, 6.07) is 1.77. The molecular formula is C12H19N3O3. The van der Waals surface area contributed by atoms with E-state index >= 15 is 0 Å². The topological polar surface area (TPSA) is 73.2 Å². The van der Waals surface area contributed by atoms with Gasteiger partial charge in [0.15, 0.2) is 0 Å². The van der Waals surface area contributed by atoms with Gasteiger partial charge in [0.1, 0.15) is 5.69 Å². The van der Waals surface area contributed by atoms with Crippen molar-refractivity contribution < 1.29 is 14.3 Å². The molecule has 0 unspecified atom stereocenters. The van der Waals surface area contributed by atoms with E-state index in [9.17, 15) is 9.59 Å². The fourth-order valence-corrected chi connectivity index (χ4v) is 1.54. The molecule has 1 amide bonds. The van der Waals surface area contributed by atoms with Crippen LogP contribution in [-0.4, -0.2) is 35.3 Å². The number of carbonyl (C=O) groups excluding carboxylic acids is 2. The Morgan fingerprint density at radius 2 is 2.17 bits per heavy atom. The van der Waals surface area contributed by atoms with Gasteiger partial charge in [-0.2, -0.15) is 5.10 Å². The number of nitrogens with one attached hydrogen (secondary N) is 1. The summed E-state index contributed by atoms with van der Waals surface area (Å²) in [6.45, 7) is 4.82. The van der Waals surface area contributed by atoms with Crippen LogP contribution in [0.1, 0.15) is 36.5 Å². The largest absolute Gasteiger partial charge is 0.469 e. The third-order valence-electron chi connectivity index (χ3n) is 2.57. The zero-order chi connectivity index (χ0) is 13.5. The Morgan fingerprint density at radius 3 is 2.72 bits per heavy atom. The molecule has 0 fully saturated rings. The summed E-state index contributed by atoms with van der Waals surface area (Å²) >= 11 is 0. The number of aryl methyl sites for hydroxylation is 2. The number of methoxy groups -OCH3 is 1. The molecule has 1 N–H and O–H groups in total. The van der Waals surface area contributed by atoms with Gasteiger partial charge in [-0.05, 0) is 19.4 Å². The van der Waals surface area contributed by atoms with E-state index in [1.165, 1.54) is 7.11 Å². The maximum absolute atomic E-state index is 11.9. The van der Waals surface area contributed by atoms with E-state index in [0.717, 1.165) is 12.1 Å². The molecule has 0 aliphatic rings. The molecule has 0 saturated carbocycles. The standard InChI is InChI=1S/C12H19N3O3/c1-4-9-8-10(15(5-2)14-9)12(17)13-7-6-11(16)18-3/h8H,4-7H2,1-3H3,(H,13,17). The van der Waals surface area contributed by atoms with Gasteiger partial charge < -0.3 is 10.1 Å². The number of nitrogens with zero attached hydrogens (tertiary/aromatic N) is 2. The summed E-state index contributed by atoms with van der Waals surface area (Å²) in [5.74, 6) is -0.554. The summed E-state index contributed by atoms with van der Waals surface area (Å²) in [5.41, 5.74) is 1.41. The van der Waals surface area contributed by atoms with Gasteiger partial charge in [-0.3, -0.25) is 14.3 Å². The minimum Gasteiger partial charge on any atom is -0.469 e.